The highest BCUT2D eigenvalue weighted by atomic mass is 32.2. The molecule has 138 valence electrons. The highest BCUT2D eigenvalue weighted by molar-refractivity contribution is 8.06. The lowest BCUT2D eigenvalue weighted by Crippen LogP contribution is -2.12. The van der Waals surface area contributed by atoms with Gasteiger partial charge in [0, 0.05) is 28.1 Å². The first-order valence-corrected chi connectivity index (χ1v) is 10.3. The number of hydrogen-bond donors (Lipinski definition) is 1. The van der Waals surface area contributed by atoms with E-state index < -0.39 is 11.8 Å². The van der Waals surface area contributed by atoms with E-state index in [-0.39, 0.29) is 23.2 Å². The minimum Gasteiger partial charge on any atom is -0.497 e. The van der Waals surface area contributed by atoms with Gasteiger partial charge in [0.1, 0.15) is 12.4 Å². The zero-order valence-electron chi connectivity index (χ0n) is 14.2. The van der Waals surface area contributed by atoms with E-state index >= 15 is 0 Å². The molecule has 3 rings (SSSR count). The normalized spacial score (nSPS) is 16.9. The Kier molecular flexibility index (Phi) is 6.32. The molecular weight excluding hydrogens is 375 g/mol. The number of hydrogen-bond acceptors (Lipinski definition) is 5. The van der Waals surface area contributed by atoms with Crippen molar-refractivity contribution >= 4 is 29.5 Å². The molecule has 1 N–H and O–H groups in total. The fourth-order valence-electron chi connectivity index (χ4n) is 2.67. The molecule has 0 spiro atoms. The Morgan fingerprint density at radius 2 is 2.04 bits per heavy atom. The van der Waals surface area contributed by atoms with Crippen LogP contribution in [0.3, 0.4) is 0 Å². The van der Waals surface area contributed by atoms with Gasteiger partial charge in [0.2, 0.25) is 0 Å². The summed E-state index contributed by atoms with van der Waals surface area (Å²) in [6.45, 7) is 0.199. The summed E-state index contributed by atoms with van der Waals surface area (Å²) in [5.41, 5.74) is 1.45. The zero-order chi connectivity index (χ0) is 18.5. The molecule has 0 aromatic heterocycles. The van der Waals surface area contributed by atoms with Crippen molar-refractivity contribution in [1.29, 1.82) is 0 Å². The molecule has 0 bridgehead atoms. The first kappa shape index (κ1) is 18.9. The number of methoxy groups -OCH3 is 1. The van der Waals surface area contributed by atoms with Gasteiger partial charge in [-0.15, -0.1) is 0 Å². The summed E-state index contributed by atoms with van der Waals surface area (Å²) < 4.78 is 25.5. The molecule has 4 nitrogen and oxygen atoms in total. The number of ether oxygens (including phenoxy) is 2. The van der Waals surface area contributed by atoms with Gasteiger partial charge in [-0.3, -0.25) is 0 Å². The number of thioether (sulfide) groups is 2. The molecule has 0 saturated carbocycles. The molecule has 0 aliphatic carbocycles. The van der Waals surface area contributed by atoms with Crippen LogP contribution >= 0.6 is 23.5 Å². The van der Waals surface area contributed by atoms with Gasteiger partial charge < -0.3 is 14.6 Å². The third-order valence-electron chi connectivity index (χ3n) is 4.02. The van der Waals surface area contributed by atoms with Crippen LogP contribution in [0.5, 0.6) is 11.5 Å². The summed E-state index contributed by atoms with van der Waals surface area (Å²) in [7, 11) is 1.59. The minimum atomic E-state index is -1.14. The van der Waals surface area contributed by atoms with Gasteiger partial charge in [0.15, 0.2) is 11.6 Å². The number of benzene rings is 2. The average Bonchev–Trinajstić information content (AvgIpc) is 2.67. The van der Waals surface area contributed by atoms with E-state index in [1.54, 1.807) is 30.6 Å². The SMILES string of the molecule is COc1ccc(COc2c(F)cc(C(=O)O)cc2C2CSCCS2)cc1. The van der Waals surface area contributed by atoms with Crippen molar-refractivity contribution in [3.05, 3.63) is 58.9 Å². The number of aromatic carboxylic acids is 1. The fraction of sp³-hybridized carbons (Fsp3) is 0.316. The Morgan fingerprint density at radius 3 is 2.65 bits per heavy atom. The number of carboxylic acids is 1. The van der Waals surface area contributed by atoms with Gasteiger partial charge in [-0.2, -0.15) is 23.5 Å². The molecule has 1 saturated heterocycles. The predicted octanol–water partition coefficient (Wildman–Crippen LogP) is 4.63. The molecule has 1 atom stereocenters. The topological polar surface area (TPSA) is 55.8 Å². The molecule has 0 radical (unpaired) electrons. The maximum absolute atomic E-state index is 14.6. The fourth-order valence-corrected chi connectivity index (χ4v) is 5.40. The van der Waals surface area contributed by atoms with Gasteiger partial charge in [-0.05, 0) is 29.8 Å². The van der Waals surface area contributed by atoms with Crippen LogP contribution in [0, 0.1) is 5.82 Å². The molecule has 1 aliphatic rings. The van der Waals surface area contributed by atoms with Crippen LogP contribution in [0.1, 0.15) is 26.7 Å². The van der Waals surface area contributed by atoms with Crippen LogP contribution in [-0.2, 0) is 6.61 Å². The second kappa shape index (κ2) is 8.68. The van der Waals surface area contributed by atoms with Gasteiger partial charge >= 0.3 is 5.97 Å². The van der Waals surface area contributed by atoms with Crippen molar-refractivity contribution in [3.8, 4) is 11.5 Å². The Labute approximate surface area is 160 Å². The summed E-state index contributed by atoms with van der Waals surface area (Å²) >= 11 is 3.49. The van der Waals surface area contributed by atoms with Gasteiger partial charge in [-0.25, -0.2) is 9.18 Å². The Hall–Kier alpha value is -1.86. The molecule has 2 aromatic rings. The number of carbonyl (C=O) groups is 1. The predicted molar refractivity (Wildman–Crippen MR) is 103 cm³/mol. The van der Waals surface area contributed by atoms with Crippen molar-refractivity contribution in [2.75, 3.05) is 24.4 Å². The van der Waals surface area contributed by atoms with Crippen LogP contribution in [0.15, 0.2) is 36.4 Å². The number of halogens is 1. The molecule has 0 amide bonds. The van der Waals surface area contributed by atoms with E-state index in [0.717, 1.165) is 34.6 Å². The first-order valence-electron chi connectivity index (χ1n) is 8.10. The largest absolute Gasteiger partial charge is 0.497 e. The van der Waals surface area contributed by atoms with Crippen molar-refractivity contribution in [2.45, 2.75) is 11.9 Å². The lowest BCUT2D eigenvalue weighted by atomic mass is 10.1. The van der Waals surface area contributed by atoms with Crippen molar-refractivity contribution in [2.24, 2.45) is 0 Å². The molecule has 2 aromatic carbocycles. The van der Waals surface area contributed by atoms with E-state index in [0.29, 0.717) is 5.56 Å². The van der Waals surface area contributed by atoms with E-state index in [9.17, 15) is 14.3 Å². The Morgan fingerprint density at radius 1 is 1.27 bits per heavy atom. The lowest BCUT2D eigenvalue weighted by molar-refractivity contribution is 0.0696. The van der Waals surface area contributed by atoms with Crippen LogP contribution in [0.4, 0.5) is 4.39 Å². The van der Waals surface area contributed by atoms with Gasteiger partial charge in [0.05, 0.1) is 12.7 Å². The first-order chi connectivity index (χ1) is 12.6. The second-order valence-electron chi connectivity index (χ2n) is 5.75. The van der Waals surface area contributed by atoms with Crippen LogP contribution in [0.25, 0.3) is 0 Å². The maximum atomic E-state index is 14.6. The van der Waals surface area contributed by atoms with Crippen LogP contribution in [-0.4, -0.2) is 35.4 Å². The molecule has 26 heavy (non-hydrogen) atoms. The Bertz CT molecular complexity index is 774. The summed E-state index contributed by atoms with van der Waals surface area (Å²) in [6.07, 6.45) is 0. The van der Waals surface area contributed by atoms with Crippen LogP contribution < -0.4 is 9.47 Å². The van der Waals surface area contributed by atoms with E-state index in [1.165, 1.54) is 6.07 Å². The number of carboxylic acid groups (broad SMARTS) is 1. The van der Waals surface area contributed by atoms with E-state index in [4.69, 9.17) is 9.47 Å². The Balaban J connectivity index is 1.86. The van der Waals surface area contributed by atoms with E-state index in [1.807, 2.05) is 24.3 Å². The molecule has 7 heteroatoms. The van der Waals surface area contributed by atoms with Gasteiger partial charge in [0.25, 0.3) is 0 Å². The van der Waals surface area contributed by atoms with Crippen molar-refractivity contribution in [3.63, 3.8) is 0 Å². The summed E-state index contributed by atoms with van der Waals surface area (Å²) in [5.74, 6) is 1.92. The minimum absolute atomic E-state index is 0.0217. The lowest BCUT2D eigenvalue weighted by Gasteiger charge is -2.24. The smallest absolute Gasteiger partial charge is 0.335 e. The third-order valence-corrected chi connectivity index (χ3v) is 6.82. The standard InChI is InChI=1S/C19H19FO4S2/c1-23-14-4-2-12(3-5-14)10-24-18-15(17-11-25-6-7-26-17)8-13(19(21)22)9-16(18)20/h2-5,8-9,17H,6-7,10-11H2,1H3,(H,21,22). The summed E-state index contributed by atoms with van der Waals surface area (Å²) in [5, 5.41) is 9.27. The zero-order valence-corrected chi connectivity index (χ0v) is 15.9. The van der Waals surface area contributed by atoms with Crippen LogP contribution in [0.2, 0.25) is 0 Å². The maximum Gasteiger partial charge on any atom is 0.335 e. The van der Waals surface area contributed by atoms with E-state index in [2.05, 4.69) is 0 Å². The second-order valence-corrected chi connectivity index (χ2v) is 8.21. The molecule has 1 unspecified atom stereocenters. The van der Waals surface area contributed by atoms with Crippen molar-refractivity contribution in [1.82, 2.24) is 0 Å². The monoisotopic (exact) mass is 394 g/mol. The highest BCUT2D eigenvalue weighted by Gasteiger charge is 2.25. The molecule has 1 fully saturated rings. The van der Waals surface area contributed by atoms with Gasteiger partial charge in [-0.1, -0.05) is 12.1 Å². The third kappa shape index (κ3) is 4.45. The number of rotatable bonds is 6. The quantitative estimate of drug-likeness (QED) is 0.771. The molecular formula is C19H19FO4S2. The highest BCUT2D eigenvalue weighted by Crippen LogP contribution is 2.42. The summed E-state index contributed by atoms with van der Waals surface area (Å²) in [4.78, 5) is 11.3. The molecule has 1 aliphatic heterocycles. The molecule has 1 heterocycles. The van der Waals surface area contributed by atoms with Crippen molar-refractivity contribution < 1.29 is 23.8 Å². The summed E-state index contributed by atoms with van der Waals surface area (Å²) in [6, 6.07) is 9.91. The average molecular weight is 394 g/mol.